The van der Waals surface area contributed by atoms with Crippen molar-refractivity contribution in [1.29, 1.82) is 0 Å². The van der Waals surface area contributed by atoms with Crippen LogP contribution in [0.3, 0.4) is 0 Å². The molecule has 1 aromatic carbocycles. The number of nitrogens with zero attached hydrogens (tertiary/aromatic N) is 3. The highest BCUT2D eigenvalue weighted by Gasteiger charge is 2.37. The van der Waals surface area contributed by atoms with Crippen molar-refractivity contribution < 1.29 is 14.6 Å². The zero-order chi connectivity index (χ0) is 19.3. The highest BCUT2D eigenvalue weighted by atomic mass is 16.5. The standard InChI is InChI=1S/C22H31N3O3/c1-2-27-22-12-17(6-7-21(22)28-11-10-24-9-8-23-16-24)15-25-18-4-3-5-19(25)14-20(26)13-18/h6-9,12,16,18-20,26H,2-5,10-11,13-15H2,1H3/t18-,19+,20?. The Morgan fingerprint density at radius 3 is 2.68 bits per heavy atom. The van der Waals surface area contributed by atoms with Gasteiger partial charge in [-0.25, -0.2) is 4.98 Å². The number of rotatable bonds is 8. The van der Waals surface area contributed by atoms with Crippen LogP contribution in [0.5, 0.6) is 11.5 Å². The predicted octanol–water partition coefficient (Wildman–Crippen LogP) is 3.24. The molecule has 2 fully saturated rings. The summed E-state index contributed by atoms with van der Waals surface area (Å²) in [5, 5.41) is 10.1. The first kappa shape index (κ1) is 19.3. The summed E-state index contributed by atoms with van der Waals surface area (Å²) < 4.78 is 13.8. The molecule has 0 saturated carbocycles. The minimum atomic E-state index is -0.128. The lowest BCUT2D eigenvalue weighted by atomic mass is 9.82. The zero-order valence-electron chi connectivity index (χ0n) is 16.7. The second-order valence-corrected chi connectivity index (χ2v) is 7.90. The molecular formula is C22H31N3O3. The van der Waals surface area contributed by atoms with E-state index in [1.54, 1.807) is 12.5 Å². The van der Waals surface area contributed by atoms with Crippen molar-refractivity contribution in [3.05, 3.63) is 42.5 Å². The number of benzene rings is 1. The molecule has 0 radical (unpaired) electrons. The smallest absolute Gasteiger partial charge is 0.161 e. The van der Waals surface area contributed by atoms with Crippen LogP contribution in [0.25, 0.3) is 0 Å². The van der Waals surface area contributed by atoms with Gasteiger partial charge in [0.15, 0.2) is 11.5 Å². The van der Waals surface area contributed by atoms with Gasteiger partial charge in [0.1, 0.15) is 6.61 Å². The van der Waals surface area contributed by atoms with E-state index in [1.807, 2.05) is 23.8 Å². The molecule has 152 valence electrons. The number of ether oxygens (including phenoxy) is 2. The predicted molar refractivity (Wildman–Crippen MR) is 108 cm³/mol. The molecule has 4 rings (SSSR count). The van der Waals surface area contributed by atoms with E-state index in [9.17, 15) is 5.11 Å². The summed E-state index contributed by atoms with van der Waals surface area (Å²) in [7, 11) is 0. The highest BCUT2D eigenvalue weighted by Crippen LogP contribution is 2.36. The van der Waals surface area contributed by atoms with Gasteiger partial charge >= 0.3 is 0 Å². The van der Waals surface area contributed by atoms with Gasteiger partial charge < -0.3 is 19.1 Å². The van der Waals surface area contributed by atoms with Gasteiger partial charge in [0.05, 0.1) is 25.6 Å². The van der Waals surface area contributed by atoms with Crippen LogP contribution in [0, 0.1) is 0 Å². The lowest BCUT2D eigenvalue weighted by Crippen LogP contribution is -2.52. The van der Waals surface area contributed by atoms with E-state index in [0.29, 0.717) is 25.3 Å². The summed E-state index contributed by atoms with van der Waals surface area (Å²) in [5.41, 5.74) is 1.25. The molecule has 1 aromatic heterocycles. The molecule has 2 aliphatic heterocycles. The second-order valence-electron chi connectivity index (χ2n) is 7.90. The molecule has 3 heterocycles. The number of aliphatic hydroxyl groups is 1. The maximum absolute atomic E-state index is 10.1. The van der Waals surface area contributed by atoms with Crippen molar-refractivity contribution in [3.63, 3.8) is 0 Å². The average molecular weight is 386 g/mol. The van der Waals surface area contributed by atoms with Gasteiger partial charge in [-0.2, -0.15) is 0 Å². The van der Waals surface area contributed by atoms with Gasteiger partial charge in [0.25, 0.3) is 0 Å². The monoisotopic (exact) mass is 385 g/mol. The Balaban J connectivity index is 1.42. The first-order valence-corrected chi connectivity index (χ1v) is 10.5. The molecule has 0 aliphatic carbocycles. The third-order valence-electron chi connectivity index (χ3n) is 5.94. The molecule has 2 saturated heterocycles. The number of hydrogen-bond acceptors (Lipinski definition) is 5. The molecule has 28 heavy (non-hydrogen) atoms. The highest BCUT2D eigenvalue weighted by molar-refractivity contribution is 5.43. The molecule has 2 aromatic rings. The molecule has 6 nitrogen and oxygen atoms in total. The fraction of sp³-hybridized carbons (Fsp3) is 0.591. The van der Waals surface area contributed by atoms with Gasteiger partial charge in [-0.1, -0.05) is 12.5 Å². The molecule has 1 N–H and O–H groups in total. The third-order valence-corrected chi connectivity index (χ3v) is 5.94. The van der Waals surface area contributed by atoms with Crippen molar-refractivity contribution in [2.45, 2.75) is 70.3 Å². The van der Waals surface area contributed by atoms with Crippen LogP contribution in [-0.2, 0) is 13.1 Å². The summed E-state index contributed by atoms with van der Waals surface area (Å²) in [6.45, 7) is 4.86. The SMILES string of the molecule is CCOc1cc(CN2[C@@H]3CCC[C@H]2CC(O)C3)ccc1OCCn1ccnc1. The molecule has 2 aliphatic rings. The summed E-state index contributed by atoms with van der Waals surface area (Å²) in [5.74, 6) is 1.60. The molecule has 0 spiro atoms. The molecule has 1 unspecified atom stereocenters. The van der Waals surface area contributed by atoms with Crippen LogP contribution in [0.2, 0.25) is 0 Å². The van der Waals surface area contributed by atoms with Crippen LogP contribution >= 0.6 is 0 Å². The Bertz CT molecular complexity index is 735. The second kappa shape index (κ2) is 8.97. The van der Waals surface area contributed by atoms with Crippen molar-refractivity contribution in [2.24, 2.45) is 0 Å². The van der Waals surface area contributed by atoms with Crippen molar-refractivity contribution in [1.82, 2.24) is 14.5 Å². The first-order chi connectivity index (χ1) is 13.7. The van der Waals surface area contributed by atoms with Gasteiger partial charge in [0, 0.05) is 31.0 Å². The lowest BCUT2D eigenvalue weighted by Gasteiger charge is -2.48. The van der Waals surface area contributed by atoms with Crippen LogP contribution < -0.4 is 9.47 Å². The molecule has 6 heteroatoms. The third kappa shape index (κ3) is 4.50. The zero-order valence-corrected chi connectivity index (χ0v) is 16.7. The Morgan fingerprint density at radius 2 is 1.96 bits per heavy atom. The van der Waals surface area contributed by atoms with E-state index >= 15 is 0 Å². The molecular weight excluding hydrogens is 354 g/mol. The fourth-order valence-corrected chi connectivity index (χ4v) is 4.64. The number of piperidine rings is 2. The average Bonchev–Trinajstić information content (AvgIpc) is 3.18. The first-order valence-electron chi connectivity index (χ1n) is 10.5. The van der Waals surface area contributed by atoms with Gasteiger partial charge in [-0.3, -0.25) is 4.90 Å². The van der Waals surface area contributed by atoms with Crippen LogP contribution in [0.1, 0.15) is 44.6 Å². The number of hydrogen-bond donors (Lipinski definition) is 1. The van der Waals surface area contributed by atoms with E-state index in [4.69, 9.17) is 9.47 Å². The van der Waals surface area contributed by atoms with Crippen LogP contribution in [0.15, 0.2) is 36.9 Å². The maximum Gasteiger partial charge on any atom is 0.161 e. The maximum atomic E-state index is 10.1. The molecule has 2 bridgehead atoms. The Morgan fingerprint density at radius 1 is 1.14 bits per heavy atom. The summed E-state index contributed by atoms with van der Waals surface area (Å²) in [6, 6.07) is 7.31. The number of imidazole rings is 1. The van der Waals surface area contributed by atoms with E-state index in [-0.39, 0.29) is 6.10 Å². The Labute approximate surface area is 167 Å². The van der Waals surface area contributed by atoms with E-state index in [1.165, 1.54) is 24.8 Å². The van der Waals surface area contributed by atoms with Crippen molar-refractivity contribution in [3.8, 4) is 11.5 Å². The number of aliphatic hydroxyl groups excluding tert-OH is 1. The van der Waals surface area contributed by atoms with E-state index < -0.39 is 0 Å². The Hall–Kier alpha value is -2.05. The summed E-state index contributed by atoms with van der Waals surface area (Å²) in [6.07, 6.45) is 10.9. The lowest BCUT2D eigenvalue weighted by molar-refractivity contribution is -0.0312. The number of fused-ring (bicyclic) bond motifs is 2. The van der Waals surface area contributed by atoms with E-state index in [2.05, 4.69) is 22.0 Å². The largest absolute Gasteiger partial charge is 0.490 e. The summed E-state index contributed by atoms with van der Waals surface area (Å²) in [4.78, 5) is 6.65. The van der Waals surface area contributed by atoms with Gasteiger partial charge in [-0.05, 0) is 50.3 Å². The van der Waals surface area contributed by atoms with Crippen molar-refractivity contribution in [2.75, 3.05) is 13.2 Å². The summed E-state index contributed by atoms with van der Waals surface area (Å²) >= 11 is 0. The molecule has 0 amide bonds. The van der Waals surface area contributed by atoms with E-state index in [0.717, 1.165) is 37.4 Å². The number of aromatic nitrogens is 2. The van der Waals surface area contributed by atoms with Crippen LogP contribution in [0.4, 0.5) is 0 Å². The van der Waals surface area contributed by atoms with Crippen molar-refractivity contribution >= 4 is 0 Å². The normalized spacial score (nSPS) is 24.9. The minimum Gasteiger partial charge on any atom is -0.490 e. The van der Waals surface area contributed by atoms with Crippen LogP contribution in [-0.4, -0.2) is 51.0 Å². The molecule has 3 atom stereocenters. The van der Waals surface area contributed by atoms with Gasteiger partial charge in [0.2, 0.25) is 0 Å². The topological polar surface area (TPSA) is 59.8 Å². The van der Waals surface area contributed by atoms with Gasteiger partial charge in [-0.15, -0.1) is 0 Å². The fourth-order valence-electron chi connectivity index (χ4n) is 4.64. The minimum absolute atomic E-state index is 0.128. The quantitative estimate of drug-likeness (QED) is 0.756. The Kier molecular flexibility index (Phi) is 6.17.